The smallest absolute Gasteiger partial charge is 0.242 e. The quantitative estimate of drug-likeness (QED) is 0.394. The molecule has 0 radical (unpaired) electrons. The lowest BCUT2D eigenvalue weighted by atomic mass is 10.1. The minimum Gasteiger partial charge on any atom is -0.354 e. The molecule has 0 aliphatic heterocycles. The molecule has 0 spiro atoms. The predicted octanol–water partition coefficient (Wildman–Crippen LogP) is 5.16. The van der Waals surface area contributed by atoms with E-state index >= 15 is 0 Å². The van der Waals surface area contributed by atoms with Crippen LogP contribution >= 0.6 is 23.4 Å². The molecule has 4 nitrogen and oxygen atoms in total. The van der Waals surface area contributed by atoms with Crippen molar-refractivity contribution in [2.45, 2.75) is 50.6 Å². The molecule has 0 aliphatic rings. The van der Waals surface area contributed by atoms with E-state index in [9.17, 15) is 9.59 Å². The number of hydrogen-bond donors (Lipinski definition) is 1. The van der Waals surface area contributed by atoms with Gasteiger partial charge in [-0.1, -0.05) is 55.3 Å². The van der Waals surface area contributed by atoms with Crippen molar-refractivity contribution in [3.05, 3.63) is 65.2 Å². The highest BCUT2D eigenvalue weighted by atomic mass is 35.5. The summed E-state index contributed by atoms with van der Waals surface area (Å²) < 4.78 is 0. The van der Waals surface area contributed by atoms with Crippen LogP contribution in [0.15, 0.2) is 59.5 Å². The van der Waals surface area contributed by atoms with Crippen molar-refractivity contribution in [1.82, 2.24) is 10.2 Å². The Morgan fingerprint density at radius 1 is 1.10 bits per heavy atom. The van der Waals surface area contributed by atoms with E-state index in [-0.39, 0.29) is 11.8 Å². The van der Waals surface area contributed by atoms with E-state index in [0.717, 1.165) is 23.3 Å². The van der Waals surface area contributed by atoms with Crippen LogP contribution in [0.2, 0.25) is 5.02 Å². The van der Waals surface area contributed by atoms with Gasteiger partial charge < -0.3 is 10.2 Å². The van der Waals surface area contributed by atoms with E-state index in [1.54, 1.807) is 23.6 Å². The SMILES string of the molecule is CCCCNC(=O)C(C)N(Cc1ccccc1)C(=O)CCSc1ccc(Cl)cc1. The Morgan fingerprint density at radius 3 is 2.45 bits per heavy atom. The van der Waals surface area contributed by atoms with Gasteiger partial charge in [0.05, 0.1) is 0 Å². The fourth-order valence-electron chi connectivity index (χ4n) is 2.83. The lowest BCUT2D eigenvalue weighted by Crippen LogP contribution is -2.47. The Balaban J connectivity index is 1.99. The van der Waals surface area contributed by atoms with Gasteiger partial charge in [-0.05, 0) is 43.2 Å². The van der Waals surface area contributed by atoms with Crippen LogP contribution < -0.4 is 5.32 Å². The van der Waals surface area contributed by atoms with Crippen molar-refractivity contribution in [2.75, 3.05) is 12.3 Å². The normalized spacial score (nSPS) is 11.7. The Labute approximate surface area is 183 Å². The van der Waals surface area contributed by atoms with Crippen molar-refractivity contribution in [3.63, 3.8) is 0 Å². The number of benzene rings is 2. The standard InChI is InChI=1S/C23H29ClN2O2S/c1-3-4-15-25-23(28)18(2)26(17-19-8-6-5-7-9-19)22(27)14-16-29-21-12-10-20(24)11-13-21/h5-13,18H,3-4,14-17H2,1-2H3,(H,25,28). The molecule has 1 atom stereocenters. The third-order valence-corrected chi connectivity index (χ3v) is 5.86. The number of carbonyl (C=O) groups is 2. The summed E-state index contributed by atoms with van der Waals surface area (Å²) in [7, 11) is 0. The van der Waals surface area contributed by atoms with Crippen LogP contribution in [0.4, 0.5) is 0 Å². The molecule has 2 aromatic carbocycles. The fraction of sp³-hybridized carbons (Fsp3) is 0.391. The van der Waals surface area contributed by atoms with Crippen LogP contribution in [0, 0.1) is 0 Å². The largest absolute Gasteiger partial charge is 0.354 e. The van der Waals surface area contributed by atoms with Gasteiger partial charge >= 0.3 is 0 Å². The molecule has 29 heavy (non-hydrogen) atoms. The highest BCUT2D eigenvalue weighted by Crippen LogP contribution is 2.22. The van der Waals surface area contributed by atoms with Gasteiger partial charge in [0.2, 0.25) is 11.8 Å². The van der Waals surface area contributed by atoms with Gasteiger partial charge in [0.1, 0.15) is 6.04 Å². The van der Waals surface area contributed by atoms with Crippen LogP contribution in [0.5, 0.6) is 0 Å². The molecule has 1 unspecified atom stereocenters. The minimum atomic E-state index is -0.514. The first kappa shape index (κ1) is 23.3. The molecular weight excluding hydrogens is 404 g/mol. The number of nitrogens with zero attached hydrogens (tertiary/aromatic N) is 1. The summed E-state index contributed by atoms with van der Waals surface area (Å²) in [5.41, 5.74) is 1.01. The Kier molecular flexibility index (Phi) is 10.1. The summed E-state index contributed by atoms with van der Waals surface area (Å²) in [6.07, 6.45) is 2.32. The lowest BCUT2D eigenvalue weighted by Gasteiger charge is -2.29. The highest BCUT2D eigenvalue weighted by Gasteiger charge is 2.25. The van der Waals surface area contributed by atoms with Gasteiger partial charge in [-0.3, -0.25) is 9.59 Å². The first-order valence-corrected chi connectivity index (χ1v) is 11.4. The molecule has 2 aromatic rings. The molecule has 0 saturated carbocycles. The van der Waals surface area contributed by atoms with E-state index in [2.05, 4.69) is 12.2 Å². The highest BCUT2D eigenvalue weighted by molar-refractivity contribution is 7.99. The molecule has 2 amide bonds. The zero-order valence-electron chi connectivity index (χ0n) is 17.1. The van der Waals surface area contributed by atoms with Crippen LogP contribution in [-0.4, -0.2) is 35.1 Å². The second kappa shape index (κ2) is 12.6. The second-order valence-electron chi connectivity index (χ2n) is 6.88. The molecule has 0 aromatic heterocycles. The number of amides is 2. The van der Waals surface area contributed by atoms with Crippen molar-refractivity contribution in [1.29, 1.82) is 0 Å². The number of hydrogen-bond acceptors (Lipinski definition) is 3. The third-order valence-electron chi connectivity index (χ3n) is 4.59. The zero-order chi connectivity index (χ0) is 21.1. The average Bonchev–Trinajstić information content (AvgIpc) is 2.73. The van der Waals surface area contributed by atoms with Crippen molar-refractivity contribution >= 4 is 35.2 Å². The summed E-state index contributed by atoms with van der Waals surface area (Å²) in [4.78, 5) is 28.3. The molecule has 0 fully saturated rings. The molecule has 156 valence electrons. The van der Waals surface area contributed by atoms with Crippen LogP contribution in [0.25, 0.3) is 0 Å². The Hall–Kier alpha value is -1.98. The van der Waals surface area contributed by atoms with Gasteiger partial charge in [-0.2, -0.15) is 0 Å². The van der Waals surface area contributed by atoms with Crippen molar-refractivity contribution in [2.24, 2.45) is 0 Å². The molecule has 2 rings (SSSR count). The van der Waals surface area contributed by atoms with Crippen molar-refractivity contribution < 1.29 is 9.59 Å². The molecular formula is C23H29ClN2O2S. The maximum absolute atomic E-state index is 13.0. The van der Waals surface area contributed by atoms with E-state index in [1.165, 1.54) is 0 Å². The summed E-state index contributed by atoms with van der Waals surface area (Å²) in [6.45, 7) is 4.95. The molecule has 6 heteroatoms. The van der Waals surface area contributed by atoms with E-state index < -0.39 is 6.04 Å². The summed E-state index contributed by atoms with van der Waals surface area (Å²) >= 11 is 7.53. The Bertz CT molecular complexity index is 768. The Morgan fingerprint density at radius 2 is 1.79 bits per heavy atom. The van der Waals surface area contributed by atoms with Crippen LogP contribution in [0.3, 0.4) is 0 Å². The number of carbonyl (C=O) groups excluding carboxylic acids is 2. The minimum absolute atomic E-state index is 0.0199. The van der Waals surface area contributed by atoms with Gasteiger partial charge in [0, 0.05) is 35.2 Å². The van der Waals surface area contributed by atoms with Crippen LogP contribution in [0.1, 0.15) is 38.7 Å². The van der Waals surface area contributed by atoms with E-state index in [0.29, 0.717) is 30.3 Å². The number of thioether (sulfide) groups is 1. The summed E-state index contributed by atoms with van der Waals surface area (Å²) in [6, 6.07) is 16.9. The molecule has 0 saturated heterocycles. The lowest BCUT2D eigenvalue weighted by molar-refractivity contribution is -0.140. The number of unbranched alkanes of at least 4 members (excludes halogenated alkanes) is 1. The van der Waals surface area contributed by atoms with Gasteiger partial charge in [-0.15, -0.1) is 11.8 Å². The average molecular weight is 433 g/mol. The molecule has 0 heterocycles. The fourth-order valence-corrected chi connectivity index (χ4v) is 3.80. The monoisotopic (exact) mass is 432 g/mol. The number of nitrogens with one attached hydrogen (secondary N) is 1. The van der Waals surface area contributed by atoms with E-state index in [4.69, 9.17) is 11.6 Å². The number of halogens is 1. The maximum atomic E-state index is 13.0. The molecule has 0 aliphatic carbocycles. The second-order valence-corrected chi connectivity index (χ2v) is 8.48. The molecule has 0 bridgehead atoms. The molecule has 1 N–H and O–H groups in total. The first-order valence-electron chi connectivity index (χ1n) is 10.0. The summed E-state index contributed by atoms with van der Waals surface area (Å²) in [5, 5.41) is 3.64. The van der Waals surface area contributed by atoms with Gasteiger partial charge in [0.15, 0.2) is 0 Å². The number of rotatable bonds is 11. The van der Waals surface area contributed by atoms with Gasteiger partial charge in [0.25, 0.3) is 0 Å². The maximum Gasteiger partial charge on any atom is 0.242 e. The van der Waals surface area contributed by atoms with Gasteiger partial charge in [-0.25, -0.2) is 0 Å². The van der Waals surface area contributed by atoms with Crippen molar-refractivity contribution in [3.8, 4) is 0 Å². The topological polar surface area (TPSA) is 49.4 Å². The zero-order valence-corrected chi connectivity index (χ0v) is 18.6. The van der Waals surface area contributed by atoms with E-state index in [1.807, 2.05) is 54.6 Å². The third kappa shape index (κ3) is 8.11. The first-order chi connectivity index (χ1) is 14.0. The summed E-state index contributed by atoms with van der Waals surface area (Å²) in [5.74, 6) is 0.525. The van der Waals surface area contributed by atoms with Crippen LogP contribution in [-0.2, 0) is 16.1 Å². The predicted molar refractivity (Wildman–Crippen MR) is 121 cm³/mol.